The first-order valence-corrected chi connectivity index (χ1v) is 11.2. The smallest absolute Gasteiger partial charge is 0.220 e. The number of aliphatic carboxylic acids is 1. The molecule has 0 aliphatic carbocycles. The van der Waals surface area contributed by atoms with Crippen LogP contribution in [0.3, 0.4) is 0 Å². The molecule has 32 heavy (non-hydrogen) atoms. The molecule has 5 rings (SSSR count). The van der Waals surface area contributed by atoms with E-state index < -0.39 is 5.97 Å². The predicted molar refractivity (Wildman–Crippen MR) is 116 cm³/mol. The zero-order valence-electron chi connectivity index (χ0n) is 18.6. The molecule has 3 aliphatic heterocycles. The van der Waals surface area contributed by atoms with E-state index in [2.05, 4.69) is 16.4 Å². The van der Waals surface area contributed by atoms with Gasteiger partial charge in [-0.05, 0) is 37.5 Å². The summed E-state index contributed by atoms with van der Waals surface area (Å²) in [5, 5.41) is 13.5. The van der Waals surface area contributed by atoms with Crippen molar-refractivity contribution < 1.29 is 24.3 Å². The van der Waals surface area contributed by atoms with Crippen LogP contribution in [-0.4, -0.2) is 54.6 Å². The molecule has 0 saturated carbocycles. The average molecular weight is 439 g/mol. The molecular weight excluding hydrogens is 408 g/mol. The maximum absolute atomic E-state index is 11.9. The minimum atomic E-state index is -1.19. The minimum absolute atomic E-state index is 0.0254. The molecule has 1 unspecified atom stereocenters. The van der Waals surface area contributed by atoms with E-state index in [0.29, 0.717) is 24.4 Å². The number of methoxy groups -OCH3 is 1. The van der Waals surface area contributed by atoms with Crippen LogP contribution in [-0.2, 0) is 9.59 Å². The molecule has 3 fully saturated rings. The van der Waals surface area contributed by atoms with Crippen LogP contribution >= 0.6 is 0 Å². The first kappa shape index (κ1) is 22.2. The van der Waals surface area contributed by atoms with Crippen molar-refractivity contribution in [2.45, 2.75) is 44.6 Å². The Labute approximate surface area is 188 Å². The second-order valence-electron chi connectivity index (χ2n) is 8.80. The fraction of sp³-hybridized carbons (Fsp3) is 0.500. The Morgan fingerprint density at radius 3 is 2.78 bits per heavy atom. The van der Waals surface area contributed by atoms with Gasteiger partial charge in [0, 0.05) is 30.8 Å². The number of carbonyl (C=O) groups is 2. The van der Waals surface area contributed by atoms with Gasteiger partial charge >= 0.3 is 0 Å². The third-order valence-electron chi connectivity index (χ3n) is 6.77. The molecule has 4 heterocycles. The van der Waals surface area contributed by atoms with E-state index in [1.165, 1.54) is 4.90 Å². The molecule has 3 aliphatic rings. The standard InChI is InChI=1S/C24H30N4O4/c1-15-26-20(18-5-3-4-6-22(18)32-2)12-21(27-15)19-14-28-10-9-16(19)11-17(28)13-25-23(29)7-8-24(30)31/h3-6,12,16-17,19H,7-11,13-14H2,1-2H3,(H,25,29)(H,30,31)/t16-,17+,19-/m0/s1. The average Bonchev–Trinajstić information content (AvgIpc) is 2.81. The minimum Gasteiger partial charge on any atom is -0.550 e. The fourth-order valence-electron chi connectivity index (χ4n) is 5.20. The maximum atomic E-state index is 11.9. The van der Waals surface area contributed by atoms with E-state index in [4.69, 9.17) is 9.72 Å². The lowest BCUT2D eigenvalue weighted by molar-refractivity contribution is -0.942. The van der Waals surface area contributed by atoms with Gasteiger partial charge in [0.1, 0.15) is 17.6 Å². The number of carbonyl (C=O) groups excluding carboxylic acids is 2. The number of para-hydroxylation sites is 1. The third-order valence-corrected chi connectivity index (χ3v) is 6.77. The zero-order valence-corrected chi connectivity index (χ0v) is 18.6. The predicted octanol–water partition coefficient (Wildman–Crippen LogP) is -0.132. The largest absolute Gasteiger partial charge is 0.550 e. The molecule has 2 aromatic rings. The second-order valence-corrected chi connectivity index (χ2v) is 8.80. The number of rotatable bonds is 8. The molecule has 3 saturated heterocycles. The van der Waals surface area contributed by atoms with Crippen LogP contribution in [0, 0.1) is 12.8 Å². The van der Waals surface area contributed by atoms with Gasteiger partial charge in [-0.2, -0.15) is 0 Å². The summed E-state index contributed by atoms with van der Waals surface area (Å²) in [4.78, 5) is 33.4. The van der Waals surface area contributed by atoms with Gasteiger partial charge in [-0.1, -0.05) is 12.1 Å². The highest BCUT2D eigenvalue weighted by Gasteiger charge is 2.44. The van der Waals surface area contributed by atoms with Gasteiger partial charge in [0.2, 0.25) is 5.91 Å². The van der Waals surface area contributed by atoms with Crippen molar-refractivity contribution >= 4 is 11.9 Å². The van der Waals surface area contributed by atoms with Crippen molar-refractivity contribution in [3.63, 3.8) is 0 Å². The van der Waals surface area contributed by atoms with E-state index in [9.17, 15) is 14.7 Å². The van der Waals surface area contributed by atoms with Gasteiger partial charge in [-0.3, -0.25) is 4.79 Å². The molecular formula is C24H30N4O4. The van der Waals surface area contributed by atoms with Gasteiger partial charge in [-0.15, -0.1) is 0 Å². The molecule has 1 aromatic carbocycles. The number of nitrogens with zero attached hydrogens (tertiary/aromatic N) is 2. The number of benzene rings is 1. The number of piperidine rings is 3. The van der Waals surface area contributed by atoms with E-state index in [1.807, 2.05) is 31.2 Å². The van der Waals surface area contributed by atoms with Gasteiger partial charge in [0.05, 0.1) is 44.0 Å². The molecule has 1 amide bonds. The molecule has 4 atom stereocenters. The van der Waals surface area contributed by atoms with Crippen molar-refractivity contribution in [2.24, 2.45) is 5.92 Å². The molecule has 1 aromatic heterocycles. The molecule has 0 spiro atoms. The summed E-state index contributed by atoms with van der Waals surface area (Å²) < 4.78 is 5.53. The van der Waals surface area contributed by atoms with Gasteiger partial charge in [0.15, 0.2) is 0 Å². The first-order valence-electron chi connectivity index (χ1n) is 11.2. The lowest BCUT2D eigenvalue weighted by atomic mass is 9.74. The Morgan fingerprint density at radius 2 is 2.06 bits per heavy atom. The number of aromatic nitrogens is 2. The zero-order chi connectivity index (χ0) is 22.7. The highest BCUT2D eigenvalue weighted by Crippen LogP contribution is 2.36. The third kappa shape index (κ3) is 4.91. The Hall–Kier alpha value is -3.00. The molecule has 170 valence electrons. The lowest BCUT2D eigenvalue weighted by Crippen LogP contribution is -3.20. The number of aryl methyl sites for hydroxylation is 1. The number of amides is 1. The van der Waals surface area contributed by atoms with Crippen LogP contribution in [0.15, 0.2) is 30.3 Å². The Bertz CT molecular complexity index is 996. The Morgan fingerprint density at radius 1 is 1.25 bits per heavy atom. The van der Waals surface area contributed by atoms with Crippen LogP contribution < -0.4 is 20.1 Å². The van der Waals surface area contributed by atoms with Crippen LogP contribution in [0.25, 0.3) is 11.3 Å². The Kier molecular flexibility index (Phi) is 6.69. The second kappa shape index (κ2) is 9.65. The number of ether oxygens (including phenoxy) is 1. The van der Waals surface area contributed by atoms with Crippen LogP contribution in [0.4, 0.5) is 0 Å². The highest BCUT2D eigenvalue weighted by atomic mass is 16.5. The molecule has 2 N–H and O–H groups in total. The summed E-state index contributed by atoms with van der Waals surface area (Å²) in [5.74, 6) is 1.01. The SMILES string of the molecule is COc1ccccc1-c1cc([C@H]2C[NH+]3CC[C@H]2C[C@@H]3CNC(=O)CCC(=O)[O-])nc(C)n1. The topological polar surface area (TPSA) is 109 Å². The summed E-state index contributed by atoms with van der Waals surface area (Å²) in [5.41, 5.74) is 2.93. The van der Waals surface area contributed by atoms with Crippen molar-refractivity contribution in [1.82, 2.24) is 15.3 Å². The summed E-state index contributed by atoms with van der Waals surface area (Å²) in [6.45, 7) is 4.58. The number of carboxylic acid groups (broad SMARTS) is 1. The lowest BCUT2D eigenvalue weighted by Gasteiger charge is -2.46. The molecule has 0 radical (unpaired) electrons. The van der Waals surface area contributed by atoms with E-state index in [-0.39, 0.29) is 18.7 Å². The summed E-state index contributed by atoms with van der Waals surface area (Å²) in [6.07, 6.45) is 1.90. The summed E-state index contributed by atoms with van der Waals surface area (Å²) in [7, 11) is 1.67. The van der Waals surface area contributed by atoms with Crippen molar-refractivity contribution in [3.05, 3.63) is 41.9 Å². The first-order chi connectivity index (χ1) is 15.4. The fourth-order valence-corrected chi connectivity index (χ4v) is 5.20. The van der Waals surface area contributed by atoms with Gasteiger partial charge in [-0.25, -0.2) is 9.97 Å². The Balaban J connectivity index is 1.46. The normalized spacial score (nSPS) is 24.2. The number of quaternary nitrogens is 1. The number of nitrogens with one attached hydrogen (secondary N) is 2. The van der Waals surface area contributed by atoms with Crippen LogP contribution in [0.1, 0.15) is 43.1 Å². The quantitative estimate of drug-likeness (QED) is 0.594. The number of hydrogen-bond donors (Lipinski definition) is 2. The number of fused-ring (bicyclic) bond motifs is 3. The van der Waals surface area contributed by atoms with Crippen molar-refractivity contribution in [2.75, 3.05) is 26.7 Å². The molecule has 8 nitrogen and oxygen atoms in total. The van der Waals surface area contributed by atoms with Crippen LogP contribution in [0.5, 0.6) is 5.75 Å². The van der Waals surface area contributed by atoms with Crippen LogP contribution in [0.2, 0.25) is 0 Å². The van der Waals surface area contributed by atoms with Gasteiger partial charge in [0.25, 0.3) is 0 Å². The summed E-state index contributed by atoms with van der Waals surface area (Å²) in [6, 6.07) is 10.4. The number of hydrogen-bond acceptors (Lipinski definition) is 6. The maximum Gasteiger partial charge on any atom is 0.220 e. The van der Waals surface area contributed by atoms with E-state index in [1.54, 1.807) is 7.11 Å². The summed E-state index contributed by atoms with van der Waals surface area (Å²) >= 11 is 0. The highest BCUT2D eigenvalue weighted by molar-refractivity contribution is 5.80. The van der Waals surface area contributed by atoms with E-state index in [0.717, 1.165) is 54.5 Å². The monoisotopic (exact) mass is 438 g/mol. The molecule has 8 heteroatoms. The number of carboxylic acids is 1. The van der Waals surface area contributed by atoms with Crippen molar-refractivity contribution in [1.29, 1.82) is 0 Å². The van der Waals surface area contributed by atoms with Crippen molar-refractivity contribution in [3.8, 4) is 17.0 Å². The molecule has 2 bridgehead atoms. The van der Waals surface area contributed by atoms with E-state index >= 15 is 0 Å². The van der Waals surface area contributed by atoms with Gasteiger partial charge < -0.3 is 24.9 Å².